The van der Waals surface area contributed by atoms with E-state index < -0.39 is 0 Å². The van der Waals surface area contributed by atoms with Gasteiger partial charge in [0.1, 0.15) is 5.82 Å². The van der Waals surface area contributed by atoms with Crippen LogP contribution in [0.5, 0.6) is 0 Å². The summed E-state index contributed by atoms with van der Waals surface area (Å²) in [5.41, 5.74) is 1.99. The maximum Gasteiger partial charge on any atom is 0.223 e. The van der Waals surface area contributed by atoms with Crippen LogP contribution in [0.15, 0.2) is 42.7 Å². The van der Waals surface area contributed by atoms with Gasteiger partial charge in [0.05, 0.1) is 23.6 Å². The van der Waals surface area contributed by atoms with Crippen LogP contribution in [0.25, 0.3) is 11.0 Å². The average molecular weight is 337 g/mol. The number of fused-ring (bicyclic) bond motifs is 1. The second kappa shape index (κ2) is 7.09. The van der Waals surface area contributed by atoms with Gasteiger partial charge in [-0.05, 0) is 37.5 Å². The molecule has 0 saturated carbocycles. The highest BCUT2D eigenvalue weighted by Gasteiger charge is 2.26. The summed E-state index contributed by atoms with van der Waals surface area (Å²) in [6, 6.07) is 10.1. The van der Waals surface area contributed by atoms with E-state index in [-0.39, 0.29) is 11.9 Å². The van der Waals surface area contributed by atoms with Gasteiger partial charge in [0.15, 0.2) is 0 Å². The monoisotopic (exact) mass is 337 g/mol. The molecule has 1 fully saturated rings. The number of carbonyl (C=O) groups is 1. The van der Waals surface area contributed by atoms with Crippen LogP contribution in [0.2, 0.25) is 0 Å². The van der Waals surface area contributed by atoms with Crippen LogP contribution in [-0.4, -0.2) is 43.1 Å². The highest BCUT2D eigenvalue weighted by atomic mass is 16.2. The van der Waals surface area contributed by atoms with Crippen LogP contribution in [0.4, 0.5) is 0 Å². The van der Waals surface area contributed by atoms with E-state index in [1.165, 1.54) is 6.42 Å². The van der Waals surface area contributed by atoms with Gasteiger partial charge in [0.2, 0.25) is 5.91 Å². The summed E-state index contributed by atoms with van der Waals surface area (Å²) >= 11 is 0. The Bertz CT molecular complexity index is 806. The Morgan fingerprint density at radius 1 is 1.24 bits per heavy atom. The van der Waals surface area contributed by atoms with E-state index in [1.807, 2.05) is 46.1 Å². The van der Waals surface area contributed by atoms with E-state index in [0.717, 1.165) is 42.8 Å². The molecule has 0 spiro atoms. The first kappa shape index (κ1) is 15.9. The summed E-state index contributed by atoms with van der Waals surface area (Å²) in [6.07, 6.45) is 8.22. The van der Waals surface area contributed by atoms with E-state index in [0.29, 0.717) is 12.8 Å². The van der Waals surface area contributed by atoms with Crippen molar-refractivity contribution in [2.24, 2.45) is 0 Å². The predicted octanol–water partition coefficient (Wildman–Crippen LogP) is 2.77. The van der Waals surface area contributed by atoms with Crippen LogP contribution in [0, 0.1) is 0 Å². The van der Waals surface area contributed by atoms with Crippen molar-refractivity contribution in [3.63, 3.8) is 0 Å². The Kier molecular flexibility index (Phi) is 4.50. The van der Waals surface area contributed by atoms with E-state index in [4.69, 9.17) is 0 Å². The first-order valence-electron chi connectivity index (χ1n) is 9.00. The Hall–Kier alpha value is -2.63. The highest BCUT2D eigenvalue weighted by molar-refractivity contribution is 5.77. The Morgan fingerprint density at radius 3 is 3.00 bits per heavy atom. The third kappa shape index (κ3) is 3.57. The molecule has 3 heterocycles. The second-order valence-corrected chi connectivity index (χ2v) is 6.67. The zero-order valence-corrected chi connectivity index (χ0v) is 14.3. The molecule has 0 radical (unpaired) electrons. The number of imidazole rings is 1. The van der Waals surface area contributed by atoms with Crippen molar-refractivity contribution >= 4 is 16.9 Å². The van der Waals surface area contributed by atoms with Gasteiger partial charge < -0.3 is 9.88 Å². The molecule has 4 rings (SSSR count). The summed E-state index contributed by atoms with van der Waals surface area (Å²) < 4.78 is 1.93. The number of amides is 1. The molecule has 1 aromatic carbocycles. The van der Waals surface area contributed by atoms with Crippen LogP contribution in [0.3, 0.4) is 0 Å². The number of benzene rings is 1. The number of aromatic nitrogens is 4. The van der Waals surface area contributed by atoms with Gasteiger partial charge in [-0.1, -0.05) is 12.1 Å². The van der Waals surface area contributed by atoms with Crippen molar-refractivity contribution in [3.05, 3.63) is 48.5 Å². The van der Waals surface area contributed by atoms with E-state index in [9.17, 15) is 4.79 Å². The minimum Gasteiger partial charge on any atom is -0.342 e. The van der Waals surface area contributed by atoms with Crippen molar-refractivity contribution in [1.82, 2.24) is 24.6 Å². The smallest absolute Gasteiger partial charge is 0.223 e. The van der Waals surface area contributed by atoms with E-state index >= 15 is 0 Å². The number of likely N-dealkylation sites (tertiary alicyclic amines) is 1. The molecule has 6 heteroatoms. The maximum absolute atomic E-state index is 12.8. The number of carbonyl (C=O) groups excluding carboxylic acids is 1. The number of H-pyrrole nitrogens is 1. The van der Waals surface area contributed by atoms with E-state index in [2.05, 4.69) is 15.1 Å². The third-order valence-electron chi connectivity index (χ3n) is 4.92. The van der Waals surface area contributed by atoms with Gasteiger partial charge in [0.25, 0.3) is 0 Å². The highest BCUT2D eigenvalue weighted by Crippen LogP contribution is 2.20. The fraction of sp³-hybridized carbons (Fsp3) is 0.421. The molecule has 1 amide bonds. The summed E-state index contributed by atoms with van der Waals surface area (Å²) in [4.78, 5) is 22.7. The first-order valence-corrected chi connectivity index (χ1v) is 9.00. The lowest BCUT2D eigenvalue weighted by atomic mass is 10.0. The first-order chi connectivity index (χ1) is 12.3. The molecule has 0 aliphatic carbocycles. The van der Waals surface area contributed by atoms with Gasteiger partial charge in [-0.25, -0.2) is 4.98 Å². The standard InChI is InChI=1S/C19H23N5O/c25-19(10-9-18-21-16-7-1-2-8-17(16)22-18)24-13-4-3-6-15(24)14-23-12-5-11-20-23/h1-2,5,7-8,11-12,15H,3-4,6,9-10,13-14H2,(H,21,22)/t15-/m0/s1. The van der Waals surface area contributed by atoms with Crippen molar-refractivity contribution in [1.29, 1.82) is 0 Å². The summed E-state index contributed by atoms with van der Waals surface area (Å²) in [5.74, 6) is 1.10. The van der Waals surface area contributed by atoms with E-state index in [1.54, 1.807) is 6.20 Å². The summed E-state index contributed by atoms with van der Waals surface area (Å²) in [5, 5.41) is 4.29. The molecule has 1 aliphatic rings. The van der Waals surface area contributed by atoms with Crippen molar-refractivity contribution in [3.8, 4) is 0 Å². The predicted molar refractivity (Wildman–Crippen MR) is 96.0 cm³/mol. The third-order valence-corrected chi connectivity index (χ3v) is 4.92. The normalized spacial score (nSPS) is 17.9. The van der Waals surface area contributed by atoms with Crippen molar-refractivity contribution < 1.29 is 4.79 Å². The molecule has 130 valence electrons. The fourth-order valence-electron chi connectivity index (χ4n) is 3.64. The Morgan fingerprint density at radius 2 is 2.16 bits per heavy atom. The van der Waals surface area contributed by atoms with Crippen molar-refractivity contribution in [2.75, 3.05) is 6.54 Å². The zero-order chi connectivity index (χ0) is 17.1. The molecule has 2 aromatic heterocycles. The molecule has 25 heavy (non-hydrogen) atoms. The largest absolute Gasteiger partial charge is 0.342 e. The van der Waals surface area contributed by atoms with Gasteiger partial charge >= 0.3 is 0 Å². The molecule has 1 aliphatic heterocycles. The SMILES string of the molecule is O=C(CCc1nc2ccccc2[nH]1)N1CCCC[C@H]1Cn1cccn1. The maximum atomic E-state index is 12.8. The Labute approximate surface area is 146 Å². The lowest BCUT2D eigenvalue weighted by Crippen LogP contribution is -2.46. The Balaban J connectivity index is 1.39. The second-order valence-electron chi connectivity index (χ2n) is 6.67. The molecule has 3 aromatic rings. The summed E-state index contributed by atoms with van der Waals surface area (Å²) in [6.45, 7) is 1.63. The molecule has 6 nitrogen and oxygen atoms in total. The number of aryl methyl sites for hydroxylation is 1. The molecular weight excluding hydrogens is 314 g/mol. The van der Waals surface area contributed by atoms with Gasteiger partial charge in [-0.2, -0.15) is 5.10 Å². The number of nitrogens with one attached hydrogen (secondary N) is 1. The van der Waals surface area contributed by atoms with Gasteiger partial charge in [-0.15, -0.1) is 0 Å². The number of hydrogen-bond acceptors (Lipinski definition) is 3. The lowest BCUT2D eigenvalue weighted by Gasteiger charge is -2.35. The molecule has 0 bridgehead atoms. The summed E-state index contributed by atoms with van der Waals surface area (Å²) in [7, 11) is 0. The molecule has 1 N–H and O–H groups in total. The van der Waals surface area contributed by atoms with Crippen LogP contribution < -0.4 is 0 Å². The lowest BCUT2D eigenvalue weighted by molar-refractivity contribution is -0.135. The fourth-order valence-corrected chi connectivity index (χ4v) is 3.64. The van der Waals surface area contributed by atoms with Crippen LogP contribution >= 0.6 is 0 Å². The molecule has 1 saturated heterocycles. The number of nitrogens with zero attached hydrogens (tertiary/aromatic N) is 4. The molecule has 1 atom stereocenters. The number of piperidine rings is 1. The zero-order valence-electron chi connectivity index (χ0n) is 14.3. The van der Waals surface area contributed by atoms with Gasteiger partial charge in [-0.3, -0.25) is 9.48 Å². The minimum absolute atomic E-state index is 0.220. The minimum atomic E-state index is 0.220. The molecular formula is C19H23N5O. The van der Waals surface area contributed by atoms with Crippen molar-refractivity contribution in [2.45, 2.75) is 44.7 Å². The quantitative estimate of drug-likeness (QED) is 0.778. The topological polar surface area (TPSA) is 66.8 Å². The number of aromatic amines is 1. The van der Waals surface area contributed by atoms with Crippen LogP contribution in [0.1, 0.15) is 31.5 Å². The average Bonchev–Trinajstić information content (AvgIpc) is 3.29. The van der Waals surface area contributed by atoms with Gasteiger partial charge in [0, 0.05) is 31.8 Å². The van der Waals surface area contributed by atoms with Crippen LogP contribution in [-0.2, 0) is 17.8 Å². The molecule has 0 unspecified atom stereocenters. The number of para-hydroxylation sites is 2. The number of rotatable bonds is 5. The number of hydrogen-bond donors (Lipinski definition) is 1.